The van der Waals surface area contributed by atoms with Gasteiger partial charge in [-0.05, 0) is 46.3 Å². The third kappa shape index (κ3) is 5.09. The van der Waals surface area contributed by atoms with Crippen LogP contribution < -0.4 is 15.6 Å². The lowest BCUT2D eigenvalue weighted by Crippen LogP contribution is -2.42. The molecule has 0 aliphatic carbocycles. The van der Waals surface area contributed by atoms with Crippen LogP contribution in [0.4, 0.5) is 0 Å². The zero-order valence-corrected chi connectivity index (χ0v) is 13.7. The van der Waals surface area contributed by atoms with Crippen LogP contribution in [-0.2, 0) is 4.79 Å². The van der Waals surface area contributed by atoms with Crippen molar-refractivity contribution in [3.63, 3.8) is 0 Å². The van der Waals surface area contributed by atoms with Crippen LogP contribution in [0.15, 0.2) is 41.0 Å². The molecule has 1 heterocycles. The quantitative estimate of drug-likeness (QED) is 0.691. The van der Waals surface area contributed by atoms with Gasteiger partial charge in [0.2, 0.25) is 5.91 Å². The van der Waals surface area contributed by atoms with E-state index in [1.165, 1.54) is 0 Å². The summed E-state index contributed by atoms with van der Waals surface area (Å²) in [5.74, 6) is -0.164. The van der Waals surface area contributed by atoms with Crippen molar-refractivity contribution in [2.24, 2.45) is 0 Å². The maximum Gasteiger partial charge on any atom is 0.286 e. The van der Waals surface area contributed by atoms with Gasteiger partial charge in [-0.2, -0.15) is 0 Å². The topological polar surface area (TPSA) is 83.2 Å². The van der Waals surface area contributed by atoms with Crippen LogP contribution in [0.1, 0.15) is 16.9 Å². The normalized spacial score (nSPS) is 10.1. The number of hydrazine groups is 1. The molecule has 0 aliphatic rings. The zero-order chi connectivity index (χ0) is 15.9. The van der Waals surface area contributed by atoms with Gasteiger partial charge >= 0.3 is 0 Å². The molecule has 2 aromatic rings. The number of amides is 2. The lowest BCUT2D eigenvalue weighted by atomic mass is 10.3. The molecule has 0 bridgehead atoms. The fourth-order valence-corrected chi connectivity index (χ4v) is 2.02. The highest BCUT2D eigenvalue weighted by atomic mass is 79.9. The van der Waals surface area contributed by atoms with Crippen molar-refractivity contribution in [1.29, 1.82) is 0 Å². The Hall–Kier alpha value is -1.99. The molecule has 1 aromatic heterocycles. The highest BCUT2D eigenvalue weighted by Gasteiger charge is 2.09. The first-order chi connectivity index (χ1) is 10.5. The van der Waals surface area contributed by atoms with E-state index in [4.69, 9.17) is 16.3 Å². The van der Waals surface area contributed by atoms with E-state index in [0.717, 1.165) is 4.47 Å². The number of hydrogen-bond acceptors (Lipinski definition) is 3. The highest BCUT2D eigenvalue weighted by Crippen LogP contribution is 2.15. The van der Waals surface area contributed by atoms with Crippen LogP contribution in [0.3, 0.4) is 0 Å². The third-order valence-electron chi connectivity index (χ3n) is 2.62. The standard InChI is InChI=1S/C14H13BrClN3O3/c15-9-7-12(17-8-9)14(21)19-18-13(20)5-6-22-11-3-1-10(16)2-4-11/h1-4,7-8,17H,5-6H2,(H,18,20)(H,19,21). The molecule has 2 amide bonds. The summed E-state index contributed by atoms with van der Waals surface area (Å²) < 4.78 is 6.13. The summed E-state index contributed by atoms with van der Waals surface area (Å²) in [5, 5.41) is 0.615. The van der Waals surface area contributed by atoms with Crippen molar-refractivity contribution in [1.82, 2.24) is 15.8 Å². The van der Waals surface area contributed by atoms with Gasteiger partial charge < -0.3 is 9.72 Å². The first-order valence-corrected chi connectivity index (χ1v) is 7.53. The van der Waals surface area contributed by atoms with Crippen molar-refractivity contribution in [2.75, 3.05) is 6.61 Å². The molecule has 116 valence electrons. The number of ether oxygens (including phenoxy) is 1. The molecule has 8 heteroatoms. The number of carbonyl (C=O) groups is 2. The largest absolute Gasteiger partial charge is 0.493 e. The smallest absolute Gasteiger partial charge is 0.286 e. The molecule has 0 spiro atoms. The predicted molar refractivity (Wildman–Crippen MR) is 85.7 cm³/mol. The van der Waals surface area contributed by atoms with E-state index in [9.17, 15) is 9.59 Å². The second kappa shape index (κ2) is 7.86. The summed E-state index contributed by atoms with van der Waals surface area (Å²) in [7, 11) is 0. The number of aromatic nitrogens is 1. The molecule has 22 heavy (non-hydrogen) atoms. The molecular formula is C14H13BrClN3O3. The first kappa shape index (κ1) is 16.4. The predicted octanol–water partition coefficient (Wildman–Crippen LogP) is 2.66. The Labute approximate surface area is 140 Å². The molecule has 6 nitrogen and oxygen atoms in total. The fraction of sp³-hybridized carbons (Fsp3) is 0.143. The van der Waals surface area contributed by atoms with Gasteiger partial charge in [-0.1, -0.05) is 11.6 Å². The molecule has 0 radical (unpaired) electrons. The summed E-state index contributed by atoms with van der Waals surface area (Å²) in [6.07, 6.45) is 1.73. The SMILES string of the molecule is O=C(CCOc1ccc(Cl)cc1)NNC(=O)c1cc(Br)c[nH]1. The average molecular weight is 387 g/mol. The number of halogens is 2. The Bertz CT molecular complexity index is 658. The molecule has 0 fully saturated rings. The third-order valence-corrected chi connectivity index (χ3v) is 3.33. The molecule has 0 atom stereocenters. The molecular weight excluding hydrogens is 374 g/mol. The maximum absolute atomic E-state index is 11.7. The number of hydrogen-bond donors (Lipinski definition) is 3. The molecule has 0 saturated carbocycles. The lowest BCUT2D eigenvalue weighted by Gasteiger charge is -2.08. The van der Waals surface area contributed by atoms with E-state index in [2.05, 4.69) is 31.8 Å². The van der Waals surface area contributed by atoms with E-state index < -0.39 is 5.91 Å². The minimum atomic E-state index is -0.433. The molecule has 0 aliphatic heterocycles. The Morgan fingerprint density at radius 3 is 2.59 bits per heavy atom. The molecule has 2 rings (SSSR count). The first-order valence-electron chi connectivity index (χ1n) is 6.36. The highest BCUT2D eigenvalue weighted by molar-refractivity contribution is 9.10. The van der Waals surface area contributed by atoms with Crippen molar-refractivity contribution in [2.45, 2.75) is 6.42 Å². The van der Waals surface area contributed by atoms with Crippen LogP contribution in [0.5, 0.6) is 5.75 Å². The van der Waals surface area contributed by atoms with Crippen molar-refractivity contribution in [3.8, 4) is 5.75 Å². The Balaban J connectivity index is 1.67. The van der Waals surface area contributed by atoms with Gasteiger partial charge in [0.25, 0.3) is 5.91 Å². The number of rotatable bonds is 5. The van der Waals surface area contributed by atoms with E-state index in [-0.39, 0.29) is 18.9 Å². The number of nitrogens with one attached hydrogen (secondary N) is 3. The van der Waals surface area contributed by atoms with Gasteiger partial charge in [0.15, 0.2) is 0 Å². The number of benzene rings is 1. The summed E-state index contributed by atoms with van der Waals surface area (Å²) >= 11 is 8.97. The van der Waals surface area contributed by atoms with Crippen molar-refractivity contribution in [3.05, 3.63) is 51.7 Å². The minimum absolute atomic E-state index is 0.108. The monoisotopic (exact) mass is 385 g/mol. The van der Waals surface area contributed by atoms with Crippen LogP contribution in [0.25, 0.3) is 0 Å². The van der Waals surface area contributed by atoms with E-state index in [1.54, 1.807) is 36.5 Å². The summed E-state index contributed by atoms with van der Waals surface area (Å²) in [6, 6.07) is 8.43. The molecule has 1 aromatic carbocycles. The average Bonchev–Trinajstić information content (AvgIpc) is 2.93. The summed E-state index contributed by atoms with van der Waals surface area (Å²) in [5.41, 5.74) is 4.95. The second-order valence-corrected chi connectivity index (χ2v) is 5.64. The van der Waals surface area contributed by atoms with Gasteiger partial charge in [-0.3, -0.25) is 20.4 Å². The Morgan fingerprint density at radius 1 is 1.23 bits per heavy atom. The van der Waals surface area contributed by atoms with Crippen LogP contribution in [0.2, 0.25) is 5.02 Å². The number of aromatic amines is 1. The van der Waals surface area contributed by atoms with Crippen LogP contribution in [-0.4, -0.2) is 23.4 Å². The van der Waals surface area contributed by atoms with Gasteiger partial charge in [-0.15, -0.1) is 0 Å². The summed E-state index contributed by atoms with van der Waals surface area (Å²) in [4.78, 5) is 26.0. The Morgan fingerprint density at radius 2 is 1.95 bits per heavy atom. The number of carbonyl (C=O) groups excluding carboxylic acids is 2. The van der Waals surface area contributed by atoms with Crippen molar-refractivity contribution >= 4 is 39.3 Å². The fourth-order valence-electron chi connectivity index (χ4n) is 1.55. The molecule has 0 unspecified atom stereocenters. The molecule has 0 saturated heterocycles. The van der Waals surface area contributed by atoms with Crippen LogP contribution >= 0.6 is 27.5 Å². The van der Waals surface area contributed by atoms with E-state index >= 15 is 0 Å². The maximum atomic E-state index is 11.7. The Kier molecular flexibility index (Phi) is 5.85. The minimum Gasteiger partial charge on any atom is -0.493 e. The van der Waals surface area contributed by atoms with Gasteiger partial charge in [0, 0.05) is 15.7 Å². The second-order valence-electron chi connectivity index (χ2n) is 4.29. The van der Waals surface area contributed by atoms with Gasteiger partial charge in [-0.25, -0.2) is 0 Å². The van der Waals surface area contributed by atoms with Crippen molar-refractivity contribution < 1.29 is 14.3 Å². The van der Waals surface area contributed by atoms with E-state index in [1.807, 2.05) is 0 Å². The van der Waals surface area contributed by atoms with E-state index in [0.29, 0.717) is 16.5 Å². The number of H-pyrrole nitrogens is 1. The van der Waals surface area contributed by atoms with Gasteiger partial charge in [0.05, 0.1) is 13.0 Å². The molecule has 3 N–H and O–H groups in total. The van der Waals surface area contributed by atoms with Gasteiger partial charge in [0.1, 0.15) is 11.4 Å². The van der Waals surface area contributed by atoms with Crippen LogP contribution in [0, 0.1) is 0 Å². The zero-order valence-electron chi connectivity index (χ0n) is 11.4. The lowest BCUT2D eigenvalue weighted by molar-refractivity contribution is -0.122. The summed E-state index contributed by atoms with van der Waals surface area (Å²) in [6.45, 7) is 0.192.